The number of hydrogen-bond acceptors (Lipinski definition) is 7. The van der Waals surface area contributed by atoms with Gasteiger partial charge in [-0.1, -0.05) is 36.4 Å². The number of ether oxygens (including phenoxy) is 3. The van der Waals surface area contributed by atoms with E-state index in [9.17, 15) is 15.0 Å². The van der Waals surface area contributed by atoms with Crippen molar-refractivity contribution in [3.05, 3.63) is 47.5 Å². The third-order valence-corrected chi connectivity index (χ3v) is 6.20. The van der Waals surface area contributed by atoms with Crippen molar-refractivity contribution < 1.29 is 29.2 Å². The number of hydrogen-bond donors (Lipinski definition) is 2. The average Bonchev–Trinajstić information content (AvgIpc) is 3.08. The van der Waals surface area contributed by atoms with Crippen molar-refractivity contribution in [2.24, 2.45) is 5.92 Å². The summed E-state index contributed by atoms with van der Waals surface area (Å²) in [6.07, 6.45) is 5.02. The molecule has 7 heteroatoms. The van der Waals surface area contributed by atoms with E-state index in [2.05, 4.69) is 4.74 Å². The minimum atomic E-state index is -0.621. The number of esters is 1. The lowest BCUT2D eigenvalue weighted by Crippen LogP contribution is -2.23. The summed E-state index contributed by atoms with van der Waals surface area (Å²) in [7, 11) is 3.07. The van der Waals surface area contributed by atoms with Crippen molar-refractivity contribution in [3.63, 3.8) is 0 Å². The van der Waals surface area contributed by atoms with Crippen LogP contribution in [0.15, 0.2) is 36.4 Å². The predicted molar refractivity (Wildman–Crippen MR) is 118 cm³/mol. The number of aliphatic hydroxyl groups is 2. The fourth-order valence-electron chi connectivity index (χ4n) is 3.52. The Morgan fingerprint density at radius 3 is 2.90 bits per heavy atom. The molecule has 0 bridgehead atoms. The summed E-state index contributed by atoms with van der Waals surface area (Å²) < 4.78 is 15.5. The molecule has 1 aromatic rings. The van der Waals surface area contributed by atoms with E-state index in [1.807, 2.05) is 30.3 Å². The quantitative estimate of drug-likeness (QED) is 0.278. The molecule has 2 rings (SSSR count). The molecular weight excluding hydrogens is 404 g/mol. The molecule has 0 aliphatic carbocycles. The molecule has 1 aliphatic heterocycles. The first kappa shape index (κ1) is 24.9. The van der Waals surface area contributed by atoms with Crippen LogP contribution in [0.1, 0.15) is 30.4 Å². The summed E-state index contributed by atoms with van der Waals surface area (Å²) in [4.78, 5) is 11.1. The molecule has 1 saturated heterocycles. The Bertz CT molecular complexity index is 665. The molecule has 0 aromatic heterocycles. The molecule has 4 atom stereocenters. The first-order chi connectivity index (χ1) is 14.5. The first-order valence-corrected chi connectivity index (χ1v) is 11.6. The van der Waals surface area contributed by atoms with Crippen LogP contribution >= 0.6 is 11.8 Å². The molecule has 1 aliphatic rings. The zero-order valence-electron chi connectivity index (χ0n) is 17.9. The van der Waals surface area contributed by atoms with E-state index in [-0.39, 0.29) is 18.0 Å². The maximum Gasteiger partial charge on any atom is 0.305 e. The van der Waals surface area contributed by atoms with Crippen LogP contribution in [0.2, 0.25) is 0 Å². The highest BCUT2D eigenvalue weighted by Gasteiger charge is 2.33. The molecular formula is C23H34O6S. The zero-order chi connectivity index (χ0) is 21.8. The molecule has 0 saturated carbocycles. The molecule has 0 radical (unpaired) electrons. The van der Waals surface area contributed by atoms with E-state index in [1.165, 1.54) is 7.11 Å². The van der Waals surface area contributed by atoms with Gasteiger partial charge in [0, 0.05) is 25.9 Å². The van der Waals surface area contributed by atoms with Crippen molar-refractivity contribution in [2.45, 2.75) is 50.6 Å². The minimum Gasteiger partial charge on any atom is -0.469 e. The smallest absolute Gasteiger partial charge is 0.305 e. The number of carbonyl (C=O) groups excluding carboxylic acids is 1. The fraction of sp³-hybridized carbons (Fsp3) is 0.609. The monoisotopic (exact) mass is 438 g/mol. The van der Waals surface area contributed by atoms with Crippen molar-refractivity contribution in [1.29, 1.82) is 0 Å². The number of thioether (sulfide) groups is 1. The van der Waals surface area contributed by atoms with Gasteiger partial charge in [-0.3, -0.25) is 4.79 Å². The molecule has 6 nitrogen and oxygen atoms in total. The van der Waals surface area contributed by atoms with Gasteiger partial charge in [-0.05, 0) is 35.5 Å². The molecule has 1 aromatic carbocycles. The molecule has 168 valence electrons. The Hall–Kier alpha value is -1.38. The van der Waals surface area contributed by atoms with Gasteiger partial charge in [0.2, 0.25) is 0 Å². The van der Waals surface area contributed by atoms with Crippen LogP contribution in [0.25, 0.3) is 0 Å². The van der Waals surface area contributed by atoms with Gasteiger partial charge < -0.3 is 24.4 Å². The number of rotatable bonds is 13. The summed E-state index contributed by atoms with van der Waals surface area (Å²) >= 11 is 1.77. The van der Waals surface area contributed by atoms with Crippen molar-refractivity contribution in [1.82, 2.24) is 0 Å². The lowest BCUT2D eigenvalue weighted by molar-refractivity contribution is -0.140. The predicted octanol–water partition coefficient (Wildman–Crippen LogP) is 2.75. The highest BCUT2D eigenvalue weighted by molar-refractivity contribution is 7.99. The van der Waals surface area contributed by atoms with E-state index >= 15 is 0 Å². The van der Waals surface area contributed by atoms with Crippen LogP contribution in [-0.4, -0.2) is 66.8 Å². The maximum absolute atomic E-state index is 11.1. The second-order valence-electron chi connectivity index (χ2n) is 7.51. The second kappa shape index (κ2) is 13.8. The SMILES string of the molecule is COCc1cccc(C[C@H](O)/C=C/[C@@H]2[C@@H](O)CO[C@@H]2CCSCCCC(=O)OC)c1. The van der Waals surface area contributed by atoms with Crippen molar-refractivity contribution in [3.8, 4) is 0 Å². The van der Waals surface area contributed by atoms with Crippen LogP contribution < -0.4 is 0 Å². The molecule has 0 unspecified atom stereocenters. The van der Waals surface area contributed by atoms with E-state index in [1.54, 1.807) is 24.9 Å². The lowest BCUT2D eigenvalue weighted by atomic mass is 9.95. The van der Waals surface area contributed by atoms with E-state index in [0.29, 0.717) is 26.1 Å². The molecule has 2 N–H and O–H groups in total. The zero-order valence-corrected chi connectivity index (χ0v) is 18.7. The average molecular weight is 439 g/mol. The summed E-state index contributed by atoms with van der Waals surface area (Å²) in [6.45, 7) is 0.871. The van der Waals surface area contributed by atoms with Gasteiger partial charge in [-0.25, -0.2) is 0 Å². The van der Waals surface area contributed by atoms with Crippen LogP contribution in [0.5, 0.6) is 0 Å². The van der Waals surface area contributed by atoms with Gasteiger partial charge in [-0.15, -0.1) is 0 Å². The van der Waals surface area contributed by atoms with Gasteiger partial charge in [0.1, 0.15) is 0 Å². The molecule has 0 spiro atoms. The normalized spacial score (nSPS) is 22.5. The van der Waals surface area contributed by atoms with Gasteiger partial charge in [0.25, 0.3) is 0 Å². The van der Waals surface area contributed by atoms with Crippen LogP contribution in [0, 0.1) is 5.92 Å². The van der Waals surface area contributed by atoms with Crippen LogP contribution in [-0.2, 0) is 32.0 Å². The van der Waals surface area contributed by atoms with E-state index in [4.69, 9.17) is 9.47 Å². The molecule has 0 amide bonds. The largest absolute Gasteiger partial charge is 0.469 e. The summed E-state index contributed by atoms with van der Waals surface area (Å²) in [6, 6.07) is 7.99. The number of aliphatic hydroxyl groups excluding tert-OH is 2. The Morgan fingerprint density at radius 1 is 1.33 bits per heavy atom. The Morgan fingerprint density at radius 2 is 2.13 bits per heavy atom. The van der Waals surface area contributed by atoms with E-state index < -0.39 is 12.2 Å². The lowest BCUT2D eigenvalue weighted by Gasteiger charge is -2.17. The summed E-state index contributed by atoms with van der Waals surface area (Å²) in [5.74, 6) is 1.51. The van der Waals surface area contributed by atoms with Crippen LogP contribution in [0.3, 0.4) is 0 Å². The minimum absolute atomic E-state index is 0.0541. The van der Waals surface area contributed by atoms with Crippen molar-refractivity contribution >= 4 is 17.7 Å². The standard InChI is InChI=1S/C23H34O6S/c1-27-15-18-6-3-5-17(13-18)14-19(24)8-9-20-21(25)16-29-22(20)10-12-30-11-4-7-23(26)28-2/h3,5-6,8-9,13,19-22,24-25H,4,7,10-12,14-16H2,1-2H3/b9-8+/t19-,20-,21+,22-/m1/s1. The Kier molecular flexibility index (Phi) is 11.5. The molecule has 30 heavy (non-hydrogen) atoms. The van der Waals surface area contributed by atoms with Gasteiger partial charge in [0.15, 0.2) is 0 Å². The van der Waals surface area contributed by atoms with Gasteiger partial charge in [-0.2, -0.15) is 11.8 Å². The number of carbonyl (C=O) groups is 1. The highest BCUT2D eigenvalue weighted by atomic mass is 32.2. The number of methoxy groups -OCH3 is 2. The van der Waals surface area contributed by atoms with Crippen molar-refractivity contribution in [2.75, 3.05) is 32.3 Å². The Balaban J connectivity index is 1.76. The topological polar surface area (TPSA) is 85.2 Å². The summed E-state index contributed by atoms with van der Waals surface area (Å²) in [5.41, 5.74) is 2.12. The maximum atomic E-state index is 11.1. The summed E-state index contributed by atoms with van der Waals surface area (Å²) in [5, 5.41) is 20.7. The highest BCUT2D eigenvalue weighted by Crippen LogP contribution is 2.27. The fourth-order valence-corrected chi connectivity index (χ4v) is 4.47. The van der Waals surface area contributed by atoms with Crippen LogP contribution in [0.4, 0.5) is 0 Å². The van der Waals surface area contributed by atoms with Gasteiger partial charge in [0.05, 0.1) is 38.6 Å². The molecule has 1 heterocycles. The first-order valence-electron chi connectivity index (χ1n) is 10.4. The third kappa shape index (κ3) is 8.78. The van der Waals surface area contributed by atoms with Gasteiger partial charge >= 0.3 is 5.97 Å². The van der Waals surface area contributed by atoms with E-state index in [0.717, 1.165) is 35.5 Å². The Labute approximate surface area is 183 Å². The second-order valence-corrected chi connectivity index (χ2v) is 8.73. The third-order valence-electron chi connectivity index (χ3n) is 5.10. The number of benzene rings is 1. The molecule has 1 fully saturated rings.